The third-order valence-electron chi connectivity index (χ3n) is 5.38. The molecule has 0 bridgehead atoms. The zero-order valence-electron chi connectivity index (χ0n) is 17.5. The molecule has 32 heavy (non-hydrogen) atoms. The minimum atomic E-state index is 1.30. The molecule has 2 heterocycles. The van der Waals surface area contributed by atoms with E-state index in [4.69, 9.17) is 0 Å². The Bertz CT molecular complexity index is 1320. The highest BCUT2D eigenvalue weighted by Crippen LogP contribution is 2.30. The molecule has 0 aliphatic carbocycles. The Morgan fingerprint density at radius 3 is 0.750 bits per heavy atom. The van der Waals surface area contributed by atoms with Crippen molar-refractivity contribution in [1.29, 1.82) is 0 Å². The largest absolute Gasteiger partial charge is 0.152 e. The van der Waals surface area contributed by atoms with Crippen molar-refractivity contribution in [2.75, 3.05) is 0 Å². The van der Waals surface area contributed by atoms with Crippen molar-refractivity contribution in [2.45, 2.75) is 0 Å². The number of thiophene rings is 2. The standard InChI is InChI=1S/C22H14.2C4H4S/c1-2-6-16-10-20-14-22-12-18-8-4-3-7-17(18)11-21(22)13-19(20)9-15(16)5-1;2*1-2-4-5-3-1/h1-14H;2*1-4H. The summed E-state index contributed by atoms with van der Waals surface area (Å²) in [6, 6.07) is 39.0. The molecule has 0 atom stereocenters. The Morgan fingerprint density at radius 1 is 0.281 bits per heavy atom. The predicted octanol–water partition coefficient (Wildman–Crippen LogP) is 9.80. The van der Waals surface area contributed by atoms with Crippen LogP contribution in [0.2, 0.25) is 0 Å². The monoisotopic (exact) mass is 446 g/mol. The first kappa shape index (κ1) is 20.4. The van der Waals surface area contributed by atoms with Crippen LogP contribution in [0.5, 0.6) is 0 Å². The summed E-state index contributed by atoms with van der Waals surface area (Å²) in [5.41, 5.74) is 0. The lowest BCUT2D eigenvalue weighted by atomic mass is 9.97. The summed E-state index contributed by atoms with van der Waals surface area (Å²) in [5.74, 6) is 0. The summed E-state index contributed by atoms with van der Waals surface area (Å²) < 4.78 is 0. The average Bonchev–Trinajstić information content (AvgIpc) is 3.59. The van der Waals surface area contributed by atoms with Gasteiger partial charge in [0.2, 0.25) is 0 Å². The van der Waals surface area contributed by atoms with Crippen LogP contribution in [-0.4, -0.2) is 0 Å². The summed E-state index contributed by atoms with van der Waals surface area (Å²) in [6.07, 6.45) is 0. The smallest absolute Gasteiger partial charge is 0.00934 e. The lowest BCUT2D eigenvalue weighted by Crippen LogP contribution is -1.80. The summed E-state index contributed by atoms with van der Waals surface area (Å²) in [6.45, 7) is 0. The summed E-state index contributed by atoms with van der Waals surface area (Å²) in [4.78, 5) is 0. The number of hydrogen-bond acceptors (Lipinski definition) is 2. The van der Waals surface area contributed by atoms with Crippen molar-refractivity contribution in [2.24, 2.45) is 0 Å². The molecule has 7 rings (SSSR count). The van der Waals surface area contributed by atoms with Gasteiger partial charge >= 0.3 is 0 Å². The van der Waals surface area contributed by atoms with E-state index in [-0.39, 0.29) is 0 Å². The van der Waals surface area contributed by atoms with Crippen molar-refractivity contribution in [3.05, 3.63) is 131 Å². The number of fused-ring (bicyclic) bond motifs is 4. The van der Waals surface area contributed by atoms with Crippen LogP contribution >= 0.6 is 22.7 Å². The van der Waals surface area contributed by atoms with Crippen LogP contribution in [0.3, 0.4) is 0 Å². The first-order chi connectivity index (χ1) is 15.9. The molecule has 7 aromatic rings. The van der Waals surface area contributed by atoms with E-state index in [1.807, 2.05) is 45.8 Å². The normalized spacial score (nSPS) is 10.5. The van der Waals surface area contributed by atoms with Gasteiger partial charge in [-0.15, -0.1) is 0 Å². The molecule has 2 heteroatoms. The number of rotatable bonds is 0. The Labute approximate surface area is 196 Å². The Kier molecular flexibility index (Phi) is 6.25. The molecular weight excluding hydrogens is 424 g/mol. The quantitative estimate of drug-likeness (QED) is 0.203. The van der Waals surface area contributed by atoms with Gasteiger partial charge in [-0.2, -0.15) is 22.7 Å². The fourth-order valence-electron chi connectivity index (χ4n) is 3.84. The second kappa shape index (κ2) is 9.78. The van der Waals surface area contributed by atoms with Gasteiger partial charge in [-0.05, 0) is 101 Å². The molecule has 0 aliphatic rings. The van der Waals surface area contributed by atoms with Gasteiger partial charge in [0.1, 0.15) is 0 Å². The molecule has 0 nitrogen and oxygen atoms in total. The van der Waals surface area contributed by atoms with Gasteiger partial charge in [0, 0.05) is 0 Å². The van der Waals surface area contributed by atoms with Crippen molar-refractivity contribution in [1.82, 2.24) is 0 Å². The molecule has 0 spiro atoms. The van der Waals surface area contributed by atoms with Crippen LogP contribution in [0.4, 0.5) is 0 Å². The van der Waals surface area contributed by atoms with Gasteiger partial charge in [-0.1, -0.05) is 72.8 Å². The maximum absolute atomic E-state index is 2.31. The number of hydrogen-bond donors (Lipinski definition) is 0. The summed E-state index contributed by atoms with van der Waals surface area (Å²) >= 11 is 3.43. The molecule has 0 unspecified atom stereocenters. The van der Waals surface area contributed by atoms with E-state index in [1.54, 1.807) is 22.7 Å². The van der Waals surface area contributed by atoms with Crippen molar-refractivity contribution in [3.63, 3.8) is 0 Å². The van der Waals surface area contributed by atoms with Gasteiger partial charge in [0.05, 0.1) is 0 Å². The predicted molar refractivity (Wildman–Crippen MR) is 145 cm³/mol. The molecular formula is C30H22S2. The lowest BCUT2D eigenvalue weighted by molar-refractivity contribution is 1.78. The molecule has 5 aromatic carbocycles. The molecule has 0 saturated carbocycles. The van der Waals surface area contributed by atoms with Crippen LogP contribution in [0, 0.1) is 0 Å². The van der Waals surface area contributed by atoms with Crippen LogP contribution in [0.15, 0.2) is 131 Å². The van der Waals surface area contributed by atoms with E-state index < -0.39 is 0 Å². The molecule has 154 valence electrons. The third-order valence-corrected chi connectivity index (χ3v) is 6.63. The summed E-state index contributed by atoms with van der Waals surface area (Å²) in [7, 11) is 0. The van der Waals surface area contributed by atoms with Crippen molar-refractivity contribution >= 4 is 65.8 Å². The van der Waals surface area contributed by atoms with E-state index >= 15 is 0 Å². The number of benzene rings is 5. The molecule has 0 aliphatic heterocycles. The first-order valence-electron chi connectivity index (χ1n) is 10.6. The van der Waals surface area contributed by atoms with Crippen molar-refractivity contribution in [3.8, 4) is 0 Å². The molecule has 0 radical (unpaired) electrons. The fourth-order valence-corrected chi connectivity index (χ4v) is 4.75. The molecule has 2 aromatic heterocycles. The second-order valence-corrected chi connectivity index (χ2v) is 9.16. The van der Waals surface area contributed by atoms with Gasteiger partial charge in [0.25, 0.3) is 0 Å². The highest BCUT2D eigenvalue weighted by molar-refractivity contribution is 7.08. The Morgan fingerprint density at radius 2 is 0.531 bits per heavy atom. The van der Waals surface area contributed by atoms with Gasteiger partial charge in [-0.3, -0.25) is 0 Å². The first-order valence-corrected chi connectivity index (χ1v) is 12.4. The van der Waals surface area contributed by atoms with Crippen LogP contribution in [-0.2, 0) is 0 Å². The average molecular weight is 447 g/mol. The zero-order chi connectivity index (χ0) is 21.6. The molecule has 0 fully saturated rings. The van der Waals surface area contributed by atoms with E-state index in [9.17, 15) is 0 Å². The minimum absolute atomic E-state index is 1.30. The summed E-state index contributed by atoms with van der Waals surface area (Å²) in [5, 5.41) is 18.6. The fraction of sp³-hybridized carbons (Fsp3) is 0. The third kappa shape index (κ3) is 4.72. The van der Waals surface area contributed by atoms with E-state index in [2.05, 4.69) is 84.9 Å². The zero-order valence-corrected chi connectivity index (χ0v) is 19.2. The van der Waals surface area contributed by atoms with Crippen LogP contribution in [0.25, 0.3) is 43.1 Å². The maximum Gasteiger partial charge on any atom is -0.00934 e. The topological polar surface area (TPSA) is 0 Å². The van der Waals surface area contributed by atoms with E-state index in [0.717, 1.165) is 0 Å². The van der Waals surface area contributed by atoms with Crippen LogP contribution in [0.1, 0.15) is 0 Å². The highest BCUT2D eigenvalue weighted by Gasteiger charge is 2.02. The van der Waals surface area contributed by atoms with Crippen LogP contribution < -0.4 is 0 Å². The van der Waals surface area contributed by atoms with E-state index in [1.165, 1.54) is 43.1 Å². The van der Waals surface area contributed by atoms with Gasteiger partial charge in [-0.25, -0.2) is 0 Å². The Balaban J connectivity index is 0.000000178. The molecule has 0 N–H and O–H groups in total. The molecule has 0 saturated heterocycles. The maximum atomic E-state index is 2.31. The second-order valence-electron chi connectivity index (χ2n) is 7.53. The minimum Gasteiger partial charge on any atom is -0.152 e. The SMILES string of the molecule is c1ccc2cc3cc4cc5ccccc5cc4cc3cc2c1.c1ccsc1.c1ccsc1. The lowest BCUT2D eigenvalue weighted by Gasteiger charge is -2.07. The van der Waals surface area contributed by atoms with Gasteiger partial charge in [0.15, 0.2) is 0 Å². The van der Waals surface area contributed by atoms with Gasteiger partial charge < -0.3 is 0 Å². The van der Waals surface area contributed by atoms with Crippen molar-refractivity contribution < 1.29 is 0 Å². The molecule has 0 amide bonds. The van der Waals surface area contributed by atoms with E-state index in [0.29, 0.717) is 0 Å². The highest BCUT2D eigenvalue weighted by atomic mass is 32.1. The Hall–Kier alpha value is -3.46.